The zero-order valence-electron chi connectivity index (χ0n) is 12.7. The fourth-order valence-electron chi connectivity index (χ4n) is 1.44. The molecular weight excluding hydrogens is 256 g/mol. The summed E-state index contributed by atoms with van der Waals surface area (Å²) in [6, 6.07) is 0. The van der Waals surface area contributed by atoms with Crippen molar-refractivity contribution in [3.8, 4) is 0 Å². The van der Waals surface area contributed by atoms with Crippen LogP contribution in [0.3, 0.4) is 0 Å². The minimum atomic E-state index is -0.536. The fraction of sp³-hybridized carbons (Fsp3) is 0.625. The summed E-state index contributed by atoms with van der Waals surface area (Å²) in [6.07, 6.45) is 8.32. The van der Waals surface area contributed by atoms with Gasteiger partial charge in [-0.3, -0.25) is 0 Å². The van der Waals surface area contributed by atoms with Crippen LogP contribution in [0.4, 0.5) is 0 Å². The molecule has 20 heavy (non-hydrogen) atoms. The SMILES string of the molecule is C=C(C)CCOC(=O)/C=C/C(=O)OCCCCCCC. The van der Waals surface area contributed by atoms with Crippen LogP contribution in [-0.2, 0) is 19.1 Å². The van der Waals surface area contributed by atoms with Gasteiger partial charge in [-0.15, -0.1) is 6.58 Å². The summed E-state index contributed by atoms with van der Waals surface area (Å²) in [5.41, 5.74) is 0.948. The Morgan fingerprint density at radius 2 is 1.50 bits per heavy atom. The van der Waals surface area contributed by atoms with E-state index in [0.29, 0.717) is 13.0 Å². The molecule has 0 aliphatic rings. The van der Waals surface area contributed by atoms with Crippen molar-refractivity contribution >= 4 is 11.9 Å². The van der Waals surface area contributed by atoms with Crippen molar-refractivity contribution in [2.45, 2.75) is 52.4 Å². The van der Waals surface area contributed by atoms with Gasteiger partial charge in [0.25, 0.3) is 0 Å². The summed E-state index contributed by atoms with van der Waals surface area (Å²) in [5, 5.41) is 0. The molecule has 0 aliphatic carbocycles. The molecule has 114 valence electrons. The first-order chi connectivity index (χ1) is 9.56. The number of ether oxygens (including phenoxy) is 2. The third-order valence-electron chi connectivity index (χ3n) is 2.62. The standard InChI is InChI=1S/C16H26O4/c1-4-5-6-7-8-12-19-15(17)9-10-16(18)20-13-11-14(2)3/h9-10H,2,4-8,11-13H2,1,3H3/b10-9+. The van der Waals surface area contributed by atoms with Crippen molar-refractivity contribution in [1.82, 2.24) is 0 Å². The Hall–Kier alpha value is -1.58. The van der Waals surface area contributed by atoms with E-state index in [1.165, 1.54) is 19.3 Å². The van der Waals surface area contributed by atoms with Gasteiger partial charge < -0.3 is 9.47 Å². The average molecular weight is 282 g/mol. The molecule has 4 heteroatoms. The van der Waals surface area contributed by atoms with Crippen molar-refractivity contribution in [2.24, 2.45) is 0 Å². The third-order valence-corrected chi connectivity index (χ3v) is 2.62. The molecule has 4 nitrogen and oxygen atoms in total. The molecule has 0 radical (unpaired) electrons. The summed E-state index contributed by atoms with van der Waals surface area (Å²) in [5.74, 6) is -1.04. The summed E-state index contributed by atoms with van der Waals surface area (Å²) < 4.78 is 9.85. The number of esters is 2. The number of unbranched alkanes of at least 4 members (excludes halogenated alkanes) is 4. The lowest BCUT2D eigenvalue weighted by Crippen LogP contribution is -2.06. The van der Waals surface area contributed by atoms with Gasteiger partial charge in [0.1, 0.15) is 0 Å². The molecule has 0 spiro atoms. The highest BCUT2D eigenvalue weighted by Crippen LogP contribution is 2.02. The summed E-state index contributed by atoms with van der Waals surface area (Å²) in [6.45, 7) is 8.40. The van der Waals surface area contributed by atoms with E-state index in [4.69, 9.17) is 9.47 Å². The molecule has 0 heterocycles. The number of carbonyl (C=O) groups is 2. The van der Waals surface area contributed by atoms with Crippen LogP contribution in [0.15, 0.2) is 24.3 Å². The van der Waals surface area contributed by atoms with Crippen molar-refractivity contribution in [2.75, 3.05) is 13.2 Å². The first-order valence-corrected chi connectivity index (χ1v) is 7.22. The van der Waals surface area contributed by atoms with E-state index in [2.05, 4.69) is 13.5 Å². The number of rotatable bonds is 11. The Morgan fingerprint density at radius 1 is 0.950 bits per heavy atom. The van der Waals surface area contributed by atoms with Crippen molar-refractivity contribution in [3.63, 3.8) is 0 Å². The minimum Gasteiger partial charge on any atom is -0.463 e. The highest BCUT2D eigenvalue weighted by molar-refractivity contribution is 5.91. The second-order valence-electron chi connectivity index (χ2n) is 4.79. The summed E-state index contributed by atoms with van der Waals surface area (Å²) in [7, 11) is 0. The maximum atomic E-state index is 11.3. The Bertz CT molecular complexity index is 331. The van der Waals surface area contributed by atoms with Crippen LogP contribution in [0.1, 0.15) is 52.4 Å². The van der Waals surface area contributed by atoms with Gasteiger partial charge in [-0.2, -0.15) is 0 Å². The van der Waals surface area contributed by atoms with E-state index in [1.807, 2.05) is 6.92 Å². The number of carbonyl (C=O) groups excluding carboxylic acids is 2. The van der Waals surface area contributed by atoms with Crippen LogP contribution in [-0.4, -0.2) is 25.2 Å². The lowest BCUT2D eigenvalue weighted by atomic mass is 10.2. The maximum absolute atomic E-state index is 11.3. The zero-order valence-corrected chi connectivity index (χ0v) is 12.7. The van der Waals surface area contributed by atoms with Gasteiger partial charge in [-0.05, 0) is 13.3 Å². The van der Waals surface area contributed by atoms with Crippen molar-refractivity contribution in [3.05, 3.63) is 24.3 Å². The number of hydrogen-bond donors (Lipinski definition) is 0. The average Bonchev–Trinajstić information content (AvgIpc) is 2.40. The molecule has 0 fully saturated rings. The molecule has 0 aromatic rings. The highest BCUT2D eigenvalue weighted by Gasteiger charge is 2.01. The monoisotopic (exact) mass is 282 g/mol. The molecule has 0 amide bonds. The Kier molecular flexibility index (Phi) is 11.5. The van der Waals surface area contributed by atoms with E-state index in [-0.39, 0.29) is 6.61 Å². The van der Waals surface area contributed by atoms with Gasteiger partial charge in [0.05, 0.1) is 13.2 Å². The fourth-order valence-corrected chi connectivity index (χ4v) is 1.44. The largest absolute Gasteiger partial charge is 0.463 e. The molecule has 0 N–H and O–H groups in total. The van der Waals surface area contributed by atoms with Crippen LogP contribution in [0.2, 0.25) is 0 Å². The van der Waals surface area contributed by atoms with Gasteiger partial charge in [-0.25, -0.2) is 9.59 Å². The normalized spacial score (nSPS) is 10.5. The van der Waals surface area contributed by atoms with E-state index in [9.17, 15) is 9.59 Å². The maximum Gasteiger partial charge on any atom is 0.331 e. The molecule has 0 aliphatic heterocycles. The second-order valence-corrected chi connectivity index (χ2v) is 4.79. The first-order valence-electron chi connectivity index (χ1n) is 7.22. The van der Waals surface area contributed by atoms with E-state index < -0.39 is 11.9 Å². The Balaban J connectivity index is 3.60. The second kappa shape index (κ2) is 12.5. The third kappa shape index (κ3) is 12.9. The highest BCUT2D eigenvalue weighted by atomic mass is 16.5. The Labute approximate surface area is 121 Å². The van der Waals surface area contributed by atoms with Crippen LogP contribution >= 0.6 is 0 Å². The molecule has 0 atom stereocenters. The minimum absolute atomic E-state index is 0.283. The lowest BCUT2D eigenvalue weighted by Gasteiger charge is -2.02. The molecule has 0 saturated carbocycles. The zero-order chi connectivity index (χ0) is 15.2. The van der Waals surface area contributed by atoms with E-state index in [1.54, 1.807) is 0 Å². The first kappa shape index (κ1) is 18.4. The van der Waals surface area contributed by atoms with Crippen molar-refractivity contribution in [1.29, 1.82) is 0 Å². The van der Waals surface area contributed by atoms with Crippen LogP contribution in [0.25, 0.3) is 0 Å². The van der Waals surface area contributed by atoms with Crippen LogP contribution < -0.4 is 0 Å². The predicted octanol–water partition coefficient (Wildman–Crippen LogP) is 3.57. The van der Waals surface area contributed by atoms with Gasteiger partial charge in [0.2, 0.25) is 0 Å². The van der Waals surface area contributed by atoms with Gasteiger partial charge in [0.15, 0.2) is 0 Å². The lowest BCUT2D eigenvalue weighted by molar-refractivity contribution is -0.140. The predicted molar refractivity (Wildman–Crippen MR) is 79.2 cm³/mol. The molecule has 0 rings (SSSR count). The molecule has 0 aromatic heterocycles. The molecule has 0 unspecified atom stereocenters. The van der Waals surface area contributed by atoms with E-state index >= 15 is 0 Å². The Morgan fingerprint density at radius 3 is 2.05 bits per heavy atom. The molecular formula is C16H26O4. The molecule has 0 bridgehead atoms. The van der Waals surface area contributed by atoms with Crippen LogP contribution in [0, 0.1) is 0 Å². The topological polar surface area (TPSA) is 52.6 Å². The smallest absolute Gasteiger partial charge is 0.331 e. The van der Waals surface area contributed by atoms with Gasteiger partial charge in [-0.1, -0.05) is 38.2 Å². The van der Waals surface area contributed by atoms with Gasteiger partial charge in [0, 0.05) is 18.6 Å². The molecule has 0 saturated heterocycles. The quantitative estimate of drug-likeness (QED) is 0.252. The summed E-state index contributed by atoms with van der Waals surface area (Å²) >= 11 is 0. The molecule has 0 aromatic carbocycles. The van der Waals surface area contributed by atoms with Crippen LogP contribution in [0.5, 0.6) is 0 Å². The van der Waals surface area contributed by atoms with Gasteiger partial charge >= 0.3 is 11.9 Å². The summed E-state index contributed by atoms with van der Waals surface area (Å²) in [4.78, 5) is 22.5. The van der Waals surface area contributed by atoms with Crippen molar-refractivity contribution < 1.29 is 19.1 Å². The number of hydrogen-bond acceptors (Lipinski definition) is 4. The van der Waals surface area contributed by atoms with E-state index in [0.717, 1.165) is 30.6 Å².